The molecular formula is C15H19ClO. The Kier molecular flexibility index (Phi) is 4.22. The Morgan fingerprint density at radius 3 is 2.41 bits per heavy atom. The monoisotopic (exact) mass is 250 g/mol. The summed E-state index contributed by atoms with van der Waals surface area (Å²) in [6.45, 7) is 1.74. The summed E-state index contributed by atoms with van der Waals surface area (Å²) in [7, 11) is 0. The number of benzene rings is 1. The molecule has 0 spiro atoms. The molecule has 0 amide bonds. The molecule has 2 atom stereocenters. The molecule has 0 radical (unpaired) electrons. The Balaban J connectivity index is 2.25. The second kappa shape index (κ2) is 5.68. The summed E-state index contributed by atoms with van der Waals surface area (Å²) in [6.07, 6.45) is 5.85. The van der Waals surface area contributed by atoms with Gasteiger partial charge in [0.25, 0.3) is 0 Å². The molecule has 1 saturated carbocycles. The third kappa shape index (κ3) is 3.10. The van der Waals surface area contributed by atoms with E-state index in [9.17, 15) is 4.79 Å². The van der Waals surface area contributed by atoms with Gasteiger partial charge in [0.1, 0.15) is 5.78 Å². The van der Waals surface area contributed by atoms with Gasteiger partial charge in [-0.05, 0) is 43.4 Å². The third-order valence-electron chi connectivity index (χ3n) is 3.84. The van der Waals surface area contributed by atoms with Crippen LogP contribution >= 0.6 is 11.6 Å². The quantitative estimate of drug-likeness (QED) is 0.702. The number of hydrogen-bond acceptors (Lipinski definition) is 1. The Hall–Kier alpha value is -0.820. The molecule has 2 rings (SSSR count). The summed E-state index contributed by atoms with van der Waals surface area (Å²) in [5, 5.41) is 0.766. The van der Waals surface area contributed by atoms with Gasteiger partial charge >= 0.3 is 0 Å². The molecule has 1 aliphatic carbocycles. The van der Waals surface area contributed by atoms with Crippen molar-refractivity contribution in [2.24, 2.45) is 5.92 Å². The smallest absolute Gasteiger partial charge is 0.133 e. The van der Waals surface area contributed by atoms with Crippen molar-refractivity contribution in [3.05, 3.63) is 34.9 Å². The minimum Gasteiger partial charge on any atom is -0.300 e. The van der Waals surface area contributed by atoms with Crippen molar-refractivity contribution in [1.82, 2.24) is 0 Å². The fourth-order valence-electron chi connectivity index (χ4n) is 2.90. The van der Waals surface area contributed by atoms with Crippen molar-refractivity contribution in [3.8, 4) is 0 Å². The Morgan fingerprint density at radius 2 is 1.76 bits per heavy atom. The molecule has 1 nitrogen and oxygen atoms in total. The Morgan fingerprint density at radius 1 is 1.12 bits per heavy atom. The van der Waals surface area contributed by atoms with Gasteiger partial charge in [-0.15, -0.1) is 0 Å². The van der Waals surface area contributed by atoms with Crippen LogP contribution in [0, 0.1) is 5.92 Å². The lowest BCUT2D eigenvalue weighted by Crippen LogP contribution is -2.19. The van der Waals surface area contributed by atoms with Crippen LogP contribution in [0.3, 0.4) is 0 Å². The summed E-state index contributed by atoms with van der Waals surface area (Å²) >= 11 is 5.91. The second-order valence-electron chi connectivity index (χ2n) is 5.01. The summed E-state index contributed by atoms with van der Waals surface area (Å²) in [5.74, 6) is 0.942. The standard InChI is InChI=1S/C15H19ClO/c1-11(17)14-5-3-2-4-6-15(14)12-7-9-13(16)10-8-12/h7-10,14-15H,2-6H2,1H3. The van der Waals surface area contributed by atoms with E-state index in [1.165, 1.54) is 24.8 Å². The van der Waals surface area contributed by atoms with E-state index in [0.717, 1.165) is 17.9 Å². The maximum atomic E-state index is 11.8. The molecule has 0 aliphatic heterocycles. The van der Waals surface area contributed by atoms with Gasteiger partial charge in [0.2, 0.25) is 0 Å². The SMILES string of the molecule is CC(=O)C1CCCCCC1c1ccc(Cl)cc1. The summed E-state index contributed by atoms with van der Waals surface area (Å²) < 4.78 is 0. The van der Waals surface area contributed by atoms with Crippen LogP contribution < -0.4 is 0 Å². The van der Waals surface area contributed by atoms with Crippen LogP contribution in [-0.4, -0.2) is 5.78 Å². The number of halogens is 1. The molecule has 1 aliphatic rings. The van der Waals surface area contributed by atoms with Crippen molar-refractivity contribution in [2.75, 3.05) is 0 Å². The minimum atomic E-state index is 0.207. The molecular weight excluding hydrogens is 232 g/mol. The molecule has 1 aromatic rings. The van der Waals surface area contributed by atoms with E-state index >= 15 is 0 Å². The van der Waals surface area contributed by atoms with E-state index < -0.39 is 0 Å². The van der Waals surface area contributed by atoms with E-state index in [1.807, 2.05) is 12.1 Å². The molecule has 17 heavy (non-hydrogen) atoms. The molecule has 0 N–H and O–H groups in total. The van der Waals surface area contributed by atoms with Crippen LogP contribution in [0.25, 0.3) is 0 Å². The van der Waals surface area contributed by atoms with Gasteiger partial charge in [-0.3, -0.25) is 4.79 Å². The lowest BCUT2D eigenvalue weighted by Gasteiger charge is -2.23. The molecule has 0 bridgehead atoms. The van der Waals surface area contributed by atoms with Gasteiger partial charge in [-0.25, -0.2) is 0 Å². The number of ketones is 1. The lowest BCUT2D eigenvalue weighted by atomic mass is 9.80. The predicted octanol–water partition coefficient (Wildman–Crippen LogP) is 4.59. The van der Waals surface area contributed by atoms with Gasteiger partial charge in [0, 0.05) is 10.9 Å². The van der Waals surface area contributed by atoms with Gasteiger partial charge in [0.05, 0.1) is 0 Å². The molecule has 0 aromatic heterocycles. The average molecular weight is 251 g/mol. The van der Waals surface area contributed by atoms with Crippen LogP contribution in [0.1, 0.15) is 50.5 Å². The van der Waals surface area contributed by atoms with Crippen LogP contribution in [-0.2, 0) is 4.79 Å². The zero-order valence-corrected chi connectivity index (χ0v) is 11.0. The van der Waals surface area contributed by atoms with Crippen LogP contribution in [0.4, 0.5) is 0 Å². The zero-order valence-electron chi connectivity index (χ0n) is 10.3. The Labute approximate surface area is 108 Å². The topological polar surface area (TPSA) is 17.1 Å². The fourth-order valence-corrected chi connectivity index (χ4v) is 3.03. The number of carbonyl (C=O) groups is 1. The first-order valence-corrected chi connectivity index (χ1v) is 6.82. The largest absolute Gasteiger partial charge is 0.300 e. The van der Waals surface area contributed by atoms with Crippen LogP contribution in [0.5, 0.6) is 0 Å². The minimum absolute atomic E-state index is 0.207. The Bertz CT molecular complexity index is 382. The number of Topliss-reactive ketones (excluding diaryl/α,β-unsaturated/α-hetero) is 1. The van der Waals surface area contributed by atoms with Gasteiger partial charge in [0.15, 0.2) is 0 Å². The van der Waals surface area contributed by atoms with Gasteiger partial charge in [-0.2, -0.15) is 0 Å². The summed E-state index contributed by atoms with van der Waals surface area (Å²) in [5.41, 5.74) is 1.27. The van der Waals surface area contributed by atoms with E-state index in [-0.39, 0.29) is 5.92 Å². The molecule has 0 heterocycles. The first kappa shape index (κ1) is 12.6. The molecule has 1 fully saturated rings. The lowest BCUT2D eigenvalue weighted by molar-refractivity contribution is -0.121. The maximum Gasteiger partial charge on any atom is 0.133 e. The zero-order chi connectivity index (χ0) is 12.3. The normalized spacial score (nSPS) is 25.3. The molecule has 1 aromatic carbocycles. The summed E-state index contributed by atoms with van der Waals surface area (Å²) in [6, 6.07) is 8.01. The highest BCUT2D eigenvalue weighted by molar-refractivity contribution is 6.30. The van der Waals surface area contributed by atoms with Gasteiger partial charge in [-0.1, -0.05) is 43.0 Å². The van der Waals surface area contributed by atoms with Crippen molar-refractivity contribution in [1.29, 1.82) is 0 Å². The van der Waals surface area contributed by atoms with Crippen LogP contribution in [0.2, 0.25) is 5.02 Å². The second-order valence-corrected chi connectivity index (χ2v) is 5.45. The fraction of sp³-hybridized carbons (Fsp3) is 0.533. The van der Waals surface area contributed by atoms with Crippen molar-refractivity contribution in [3.63, 3.8) is 0 Å². The number of rotatable bonds is 2. The van der Waals surface area contributed by atoms with E-state index in [2.05, 4.69) is 12.1 Å². The average Bonchev–Trinajstić information content (AvgIpc) is 2.55. The number of carbonyl (C=O) groups excluding carboxylic acids is 1. The van der Waals surface area contributed by atoms with Crippen molar-refractivity contribution in [2.45, 2.75) is 44.9 Å². The van der Waals surface area contributed by atoms with E-state index in [0.29, 0.717) is 11.7 Å². The molecule has 0 saturated heterocycles. The molecule has 2 heteroatoms. The summed E-state index contributed by atoms with van der Waals surface area (Å²) in [4.78, 5) is 11.8. The molecule has 92 valence electrons. The first-order chi connectivity index (χ1) is 8.18. The number of hydrogen-bond donors (Lipinski definition) is 0. The van der Waals surface area contributed by atoms with Gasteiger partial charge < -0.3 is 0 Å². The third-order valence-corrected chi connectivity index (χ3v) is 4.09. The highest BCUT2D eigenvalue weighted by atomic mass is 35.5. The van der Waals surface area contributed by atoms with E-state index in [1.54, 1.807) is 6.92 Å². The molecule has 2 unspecified atom stereocenters. The first-order valence-electron chi connectivity index (χ1n) is 6.44. The van der Waals surface area contributed by atoms with Crippen molar-refractivity contribution >= 4 is 17.4 Å². The van der Waals surface area contributed by atoms with Crippen molar-refractivity contribution < 1.29 is 4.79 Å². The highest BCUT2D eigenvalue weighted by Crippen LogP contribution is 2.37. The maximum absolute atomic E-state index is 11.8. The van der Waals surface area contributed by atoms with Crippen LogP contribution in [0.15, 0.2) is 24.3 Å². The highest BCUT2D eigenvalue weighted by Gasteiger charge is 2.28. The van der Waals surface area contributed by atoms with E-state index in [4.69, 9.17) is 11.6 Å². The predicted molar refractivity (Wildman–Crippen MR) is 71.4 cm³/mol.